The van der Waals surface area contributed by atoms with Crippen molar-refractivity contribution in [2.75, 3.05) is 17.7 Å². The SMILES string of the molecule is CNc1nc(Nc2ccc(C#N)cc2)nc(Oc2ccc3cc(Br)ccc3c2)c1C. The Hall–Kier alpha value is -3.63. The van der Waals surface area contributed by atoms with Crippen LogP contribution in [0.25, 0.3) is 10.8 Å². The van der Waals surface area contributed by atoms with Gasteiger partial charge in [0.2, 0.25) is 11.8 Å². The highest BCUT2D eigenvalue weighted by molar-refractivity contribution is 9.10. The molecule has 1 heterocycles. The van der Waals surface area contributed by atoms with Gasteiger partial charge < -0.3 is 15.4 Å². The molecule has 0 amide bonds. The van der Waals surface area contributed by atoms with E-state index in [4.69, 9.17) is 10.00 Å². The van der Waals surface area contributed by atoms with Gasteiger partial charge in [0, 0.05) is 17.2 Å². The lowest BCUT2D eigenvalue weighted by molar-refractivity contribution is 0.459. The number of ether oxygens (including phenoxy) is 1. The van der Waals surface area contributed by atoms with Crippen LogP contribution in [-0.4, -0.2) is 17.0 Å². The van der Waals surface area contributed by atoms with Gasteiger partial charge in [-0.25, -0.2) is 0 Å². The van der Waals surface area contributed by atoms with E-state index in [1.165, 1.54) is 0 Å². The molecule has 4 aromatic rings. The molecule has 0 fully saturated rings. The third-order valence-corrected chi connectivity index (χ3v) is 5.09. The average Bonchev–Trinajstić information content (AvgIpc) is 2.76. The van der Waals surface area contributed by atoms with Crippen molar-refractivity contribution in [2.24, 2.45) is 0 Å². The monoisotopic (exact) mass is 459 g/mol. The molecule has 0 aliphatic carbocycles. The Balaban J connectivity index is 1.65. The maximum Gasteiger partial charge on any atom is 0.232 e. The molecule has 6 nitrogen and oxygen atoms in total. The highest BCUT2D eigenvalue weighted by atomic mass is 79.9. The Morgan fingerprint density at radius 2 is 1.70 bits per heavy atom. The molecule has 30 heavy (non-hydrogen) atoms. The normalized spacial score (nSPS) is 10.5. The first-order valence-corrected chi connectivity index (χ1v) is 10.1. The van der Waals surface area contributed by atoms with Crippen molar-refractivity contribution in [3.05, 3.63) is 76.3 Å². The number of anilines is 3. The molecule has 148 valence electrons. The molecule has 1 aromatic heterocycles. The summed E-state index contributed by atoms with van der Waals surface area (Å²) < 4.78 is 7.15. The van der Waals surface area contributed by atoms with Crippen molar-refractivity contribution >= 4 is 44.2 Å². The van der Waals surface area contributed by atoms with Crippen LogP contribution in [-0.2, 0) is 0 Å². The van der Waals surface area contributed by atoms with Crippen LogP contribution in [0.5, 0.6) is 11.6 Å². The molecule has 0 aliphatic rings. The van der Waals surface area contributed by atoms with Gasteiger partial charge in [-0.1, -0.05) is 28.1 Å². The van der Waals surface area contributed by atoms with Crippen molar-refractivity contribution < 1.29 is 4.74 Å². The number of nitrogens with zero attached hydrogens (tertiary/aromatic N) is 3. The minimum atomic E-state index is 0.398. The van der Waals surface area contributed by atoms with Crippen molar-refractivity contribution in [2.45, 2.75) is 6.92 Å². The van der Waals surface area contributed by atoms with Crippen LogP contribution < -0.4 is 15.4 Å². The number of nitriles is 1. The summed E-state index contributed by atoms with van der Waals surface area (Å²) in [7, 11) is 1.80. The summed E-state index contributed by atoms with van der Waals surface area (Å²) >= 11 is 3.50. The molecular formula is C23H18BrN5O. The van der Waals surface area contributed by atoms with E-state index in [1.807, 2.05) is 49.4 Å². The Morgan fingerprint density at radius 3 is 2.43 bits per heavy atom. The fourth-order valence-electron chi connectivity index (χ4n) is 3.02. The van der Waals surface area contributed by atoms with E-state index in [0.717, 1.165) is 26.5 Å². The standard InChI is InChI=1S/C23H18BrN5O/c1-14-21(26-2)28-23(27-19-8-3-15(13-25)4-9-19)29-22(14)30-20-10-6-16-11-18(24)7-5-17(16)12-20/h3-12H,1-2H3,(H2,26,27,28,29). The van der Waals surface area contributed by atoms with E-state index < -0.39 is 0 Å². The second kappa shape index (κ2) is 8.39. The van der Waals surface area contributed by atoms with Gasteiger partial charge in [-0.2, -0.15) is 15.2 Å². The first-order valence-electron chi connectivity index (χ1n) is 9.26. The fraction of sp³-hybridized carbons (Fsp3) is 0.0870. The van der Waals surface area contributed by atoms with Gasteiger partial charge >= 0.3 is 0 Å². The zero-order chi connectivity index (χ0) is 21.1. The highest BCUT2D eigenvalue weighted by Crippen LogP contribution is 2.31. The topological polar surface area (TPSA) is 82.9 Å². The summed E-state index contributed by atoms with van der Waals surface area (Å²) in [5.41, 5.74) is 2.18. The van der Waals surface area contributed by atoms with E-state index in [-0.39, 0.29) is 0 Å². The first kappa shape index (κ1) is 19.7. The zero-order valence-electron chi connectivity index (χ0n) is 16.4. The van der Waals surface area contributed by atoms with E-state index in [2.05, 4.69) is 48.7 Å². The van der Waals surface area contributed by atoms with Crippen LogP contribution in [0.4, 0.5) is 17.5 Å². The van der Waals surface area contributed by atoms with Crippen molar-refractivity contribution in [3.63, 3.8) is 0 Å². The molecule has 0 radical (unpaired) electrons. The molecule has 0 spiro atoms. The molecule has 0 saturated carbocycles. The van der Waals surface area contributed by atoms with Gasteiger partial charge in [-0.05, 0) is 66.2 Å². The van der Waals surface area contributed by atoms with E-state index in [1.54, 1.807) is 19.2 Å². The summed E-state index contributed by atoms with van der Waals surface area (Å²) in [6.45, 7) is 1.91. The summed E-state index contributed by atoms with van der Waals surface area (Å²) in [4.78, 5) is 9.06. The molecule has 7 heteroatoms. The molecule has 2 N–H and O–H groups in total. The molecule has 0 bridgehead atoms. The predicted molar refractivity (Wildman–Crippen MR) is 122 cm³/mol. The Kier molecular flexibility index (Phi) is 5.50. The van der Waals surface area contributed by atoms with Gasteiger partial charge in [0.25, 0.3) is 0 Å². The fourth-order valence-corrected chi connectivity index (χ4v) is 3.40. The number of fused-ring (bicyclic) bond motifs is 1. The first-order chi connectivity index (χ1) is 14.6. The van der Waals surface area contributed by atoms with Crippen molar-refractivity contribution in [1.29, 1.82) is 5.26 Å². The molecule has 0 atom stereocenters. The smallest absolute Gasteiger partial charge is 0.232 e. The Bertz CT molecular complexity index is 1270. The highest BCUT2D eigenvalue weighted by Gasteiger charge is 2.13. The maximum atomic E-state index is 8.95. The molecule has 4 rings (SSSR count). The number of rotatable bonds is 5. The van der Waals surface area contributed by atoms with Gasteiger partial charge in [-0.15, -0.1) is 0 Å². The van der Waals surface area contributed by atoms with Crippen LogP contribution >= 0.6 is 15.9 Å². The largest absolute Gasteiger partial charge is 0.438 e. The number of nitrogens with one attached hydrogen (secondary N) is 2. The predicted octanol–water partition coefficient (Wildman–Crippen LogP) is 6.15. The second-order valence-corrected chi connectivity index (χ2v) is 7.56. The summed E-state index contributed by atoms with van der Waals surface area (Å²) in [6, 6.07) is 21.2. The van der Waals surface area contributed by atoms with Gasteiger partial charge in [0.1, 0.15) is 11.6 Å². The minimum Gasteiger partial charge on any atom is -0.438 e. The lowest BCUT2D eigenvalue weighted by Crippen LogP contribution is -2.05. The number of hydrogen-bond acceptors (Lipinski definition) is 6. The van der Waals surface area contributed by atoms with Crippen LogP contribution in [0.15, 0.2) is 65.1 Å². The lowest BCUT2D eigenvalue weighted by Gasteiger charge is -2.14. The molecule has 0 aliphatic heterocycles. The minimum absolute atomic E-state index is 0.398. The summed E-state index contributed by atoms with van der Waals surface area (Å²) in [5, 5.41) is 17.4. The number of benzene rings is 3. The van der Waals surface area contributed by atoms with E-state index >= 15 is 0 Å². The Labute approximate surface area is 182 Å². The number of aromatic nitrogens is 2. The van der Waals surface area contributed by atoms with Crippen molar-refractivity contribution in [1.82, 2.24) is 9.97 Å². The van der Waals surface area contributed by atoms with Crippen molar-refractivity contribution in [3.8, 4) is 17.7 Å². The van der Waals surface area contributed by atoms with Crippen LogP contribution in [0.1, 0.15) is 11.1 Å². The van der Waals surface area contributed by atoms with Gasteiger partial charge in [0.05, 0.1) is 17.2 Å². The van der Waals surface area contributed by atoms with E-state index in [0.29, 0.717) is 29.0 Å². The second-order valence-electron chi connectivity index (χ2n) is 6.65. The third kappa shape index (κ3) is 4.19. The number of hydrogen-bond donors (Lipinski definition) is 2. The van der Waals surface area contributed by atoms with Crippen LogP contribution in [0.3, 0.4) is 0 Å². The third-order valence-electron chi connectivity index (χ3n) is 4.60. The number of halogens is 1. The average molecular weight is 460 g/mol. The maximum absolute atomic E-state index is 8.95. The zero-order valence-corrected chi connectivity index (χ0v) is 18.0. The summed E-state index contributed by atoms with van der Waals surface area (Å²) in [5.74, 6) is 2.22. The Morgan fingerprint density at radius 1 is 0.967 bits per heavy atom. The van der Waals surface area contributed by atoms with Crippen LogP contribution in [0, 0.1) is 18.3 Å². The van der Waals surface area contributed by atoms with Gasteiger partial charge in [0.15, 0.2) is 0 Å². The lowest BCUT2D eigenvalue weighted by atomic mass is 10.1. The molecule has 0 unspecified atom stereocenters. The van der Waals surface area contributed by atoms with E-state index in [9.17, 15) is 0 Å². The quantitative estimate of drug-likeness (QED) is 0.372. The summed E-state index contributed by atoms with van der Waals surface area (Å²) in [6.07, 6.45) is 0. The molecule has 0 saturated heterocycles. The molecule has 3 aromatic carbocycles. The van der Waals surface area contributed by atoms with Gasteiger partial charge in [-0.3, -0.25) is 0 Å². The molecular weight excluding hydrogens is 442 g/mol. The van der Waals surface area contributed by atoms with Crippen LogP contribution in [0.2, 0.25) is 0 Å².